The van der Waals surface area contributed by atoms with Crippen molar-refractivity contribution in [3.63, 3.8) is 0 Å². The average Bonchev–Trinajstić information content (AvgIpc) is 3.01. The van der Waals surface area contributed by atoms with Gasteiger partial charge in [0.05, 0.1) is 4.90 Å². The smallest absolute Gasteiger partial charge is 0.265 e. The molecular formula is C21H26N2O4S. The van der Waals surface area contributed by atoms with Crippen LogP contribution in [0.1, 0.15) is 32.8 Å². The number of ether oxygens (including phenoxy) is 1. The number of sulfonamides is 1. The fraction of sp³-hybridized carbons (Fsp3) is 0.381. The zero-order valence-electron chi connectivity index (χ0n) is 16.4. The number of fused-ring (bicyclic) bond motifs is 1. The van der Waals surface area contributed by atoms with Gasteiger partial charge in [-0.25, -0.2) is 13.1 Å². The average molecular weight is 403 g/mol. The van der Waals surface area contributed by atoms with Crippen LogP contribution >= 0.6 is 0 Å². The van der Waals surface area contributed by atoms with Gasteiger partial charge in [-0.1, -0.05) is 25.1 Å². The minimum absolute atomic E-state index is 0.0904. The maximum Gasteiger partial charge on any atom is 0.265 e. The number of benzene rings is 2. The number of para-hydroxylation sites is 1. The number of hydrogen-bond donors (Lipinski definition) is 1. The molecule has 28 heavy (non-hydrogen) atoms. The number of carbonyl (C=O) groups excluding carboxylic acids is 1. The first-order valence-electron chi connectivity index (χ1n) is 9.47. The first kappa shape index (κ1) is 20.4. The maximum atomic E-state index is 12.7. The number of nitrogens with zero attached hydrogens (tertiary/aromatic N) is 1. The van der Waals surface area contributed by atoms with Crippen LogP contribution in [-0.2, 0) is 21.2 Å². The summed E-state index contributed by atoms with van der Waals surface area (Å²) >= 11 is 0. The van der Waals surface area contributed by atoms with Gasteiger partial charge in [0, 0.05) is 17.8 Å². The van der Waals surface area contributed by atoms with Gasteiger partial charge in [0.25, 0.3) is 5.91 Å². The van der Waals surface area contributed by atoms with Crippen LogP contribution in [-0.4, -0.2) is 33.0 Å². The molecular weight excluding hydrogens is 376 g/mol. The fourth-order valence-electron chi connectivity index (χ4n) is 3.29. The van der Waals surface area contributed by atoms with Crippen LogP contribution in [0.15, 0.2) is 53.4 Å². The number of rotatable bonds is 7. The summed E-state index contributed by atoms with van der Waals surface area (Å²) in [6.45, 7) is 5.65. The van der Waals surface area contributed by atoms with E-state index in [0.717, 1.165) is 17.7 Å². The van der Waals surface area contributed by atoms with Crippen molar-refractivity contribution < 1.29 is 17.9 Å². The Bertz CT molecular complexity index is 941. The molecule has 1 aliphatic rings. The topological polar surface area (TPSA) is 75.7 Å². The Hall–Kier alpha value is -2.38. The minimum atomic E-state index is -3.55. The lowest BCUT2D eigenvalue weighted by Gasteiger charge is -2.22. The van der Waals surface area contributed by atoms with Crippen LogP contribution in [0.25, 0.3) is 0 Å². The Kier molecular flexibility index (Phi) is 6.05. The molecule has 1 N–H and O–H groups in total. The third-order valence-electron chi connectivity index (χ3n) is 4.94. The predicted molar refractivity (Wildman–Crippen MR) is 109 cm³/mol. The molecule has 0 bridgehead atoms. The van der Waals surface area contributed by atoms with Gasteiger partial charge in [-0.2, -0.15) is 0 Å². The van der Waals surface area contributed by atoms with E-state index in [9.17, 15) is 13.2 Å². The van der Waals surface area contributed by atoms with Crippen LogP contribution in [0.5, 0.6) is 5.75 Å². The highest BCUT2D eigenvalue weighted by Crippen LogP contribution is 2.31. The van der Waals surface area contributed by atoms with Gasteiger partial charge >= 0.3 is 0 Å². The summed E-state index contributed by atoms with van der Waals surface area (Å²) in [6, 6.07) is 13.9. The van der Waals surface area contributed by atoms with E-state index >= 15 is 0 Å². The second kappa shape index (κ2) is 8.32. The lowest BCUT2D eigenvalue weighted by Crippen LogP contribution is -2.39. The van der Waals surface area contributed by atoms with E-state index in [0.29, 0.717) is 12.2 Å². The molecule has 6 nitrogen and oxygen atoms in total. The SMILES string of the molecule is CC[C@@H](C)NS(=O)(=O)c1ccc(OCC(=O)N2c3ccccc3C[C@H]2C)cc1. The van der Waals surface area contributed by atoms with Crippen LogP contribution in [0.2, 0.25) is 0 Å². The molecule has 3 rings (SSSR count). The molecule has 1 heterocycles. The number of amides is 1. The maximum absolute atomic E-state index is 12.7. The highest BCUT2D eigenvalue weighted by molar-refractivity contribution is 7.89. The van der Waals surface area contributed by atoms with Crippen molar-refractivity contribution in [1.29, 1.82) is 0 Å². The van der Waals surface area contributed by atoms with Gasteiger partial charge < -0.3 is 9.64 Å². The molecule has 2 aromatic carbocycles. The first-order chi connectivity index (χ1) is 13.3. The lowest BCUT2D eigenvalue weighted by molar-refractivity contribution is -0.120. The molecule has 0 saturated heterocycles. The van der Waals surface area contributed by atoms with Crippen LogP contribution in [0, 0.1) is 0 Å². The summed E-state index contributed by atoms with van der Waals surface area (Å²) in [6.07, 6.45) is 1.54. The highest BCUT2D eigenvalue weighted by Gasteiger charge is 2.30. The second-order valence-corrected chi connectivity index (χ2v) is 8.85. The summed E-state index contributed by atoms with van der Waals surface area (Å²) in [4.78, 5) is 14.6. The summed E-state index contributed by atoms with van der Waals surface area (Å²) in [5, 5.41) is 0. The lowest BCUT2D eigenvalue weighted by atomic mass is 10.1. The van der Waals surface area contributed by atoms with Crippen molar-refractivity contribution in [1.82, 2.24) is 4.72 Å². The number of hydrogen-bond acceptors (Lipinski definition) is 4. The molecule has 0 fully saturated rings. The van der Waals surface area contributed by atoms with Crippen molar-refractivity contribution >= 4 is 21.6 Å². The highest BCUT2D eigenvalue weighted by atomic mass is 32.2. The molecule has 150 valence electrons. The quantitative estimate of drug-likeness (QED) is 0.772. The van der Waals surface area contributed by atoms with E-state index in [1.54, 1.807) is 17.0 Å². The third-order valence-corrected chi connectivity index (χ3v) is 6.55. The summed E-state index contributed by atoms with van der Waals surface area (Å²) in [5.74, 6) is 0.337. The third kappa shape index (κ3) is 4.36. The summed E-state index contributed by atoms with van der Waals surface area (Å²) < 4.78 is 32.8. The number of anilines is 1. The number of nitrogens with one attached hydrogen (secondary N) is 1. The Morgan fingerprint density at radius 1 is 1.21 bits per heavy atom. The van der Waals surface area contributed by atoms with E-state index < -0.39 is 10.0 Å². The Morgan fingerprint density at radius 2 is 1.89 bits per heavy atom. The summed E-state index contributed by atoms with van der Waals surface area (Å²) in [5.41, 5.74) is 2.09. The largest absolute Gasteiger partial charge is 0.484 e. The molecule has 1 aliphatic heterocycles. The van der Waals surface area contributed by atoms with Crippen molar-refractivity contribution in [2.75, 3.05) is 11.5 Å². The molecule has 2 aromatic rings. The van der Waals surface area contributed by atoms with Gasteiger partial charge in [0.15, 0.2) is 6.61 Å². The molecule has 7 heteroatoms. The Labute approximate surface area is 166 Å². The molecule has 0 aliphatic carbocycles. The van der Waals surface area contributed by atoms with Crippen LogP contribution < -0.4 is 14.4 Å². The molecule has 1 amide bonds. The van der Waals surface area contributed by atoms with E-state index in [2.05, 4.69) is 4.72 Å². The van der Waals surface area contributed by atoms with Gasteiger partial charge in [0.2, 0.25) is 10.0 Å². The van der Waals surface area contributed by atoms with Gasteiger partial charge in [0.1, 0.15) is 5.75 Å². The van der Waals surface area contributed by atoms with Crippen molar-refractivity contribution in [2.24, 2.45) is 0 Å². The van der Waals surface area contributed by atoms with Gasteiger partial charge in [-0.15, -0.1) is 0 Å². The van der Waals surface area contributed by atoms with Gasteiger partial charge in [-0.3, -0.25) is 4.79 Å². The summed E-state index contributed by atoms with van der Waals surface area (Å²) in [7, 11) is -3.55. The van der Waals surface area contributed by atoms with E-state index in [4.69, 9.17) is 4.74 Å². The van der Waals surface area contributed by atoms with Crippen molar-refractivity contribution in [3.05, 3.63) is 54.1 Å². The normalized spacial score (nSPS) is 17.2. The zero-order valence-corrected chi connectivity index (χ0v) is 17.2. The first-order valence-corrected chi connectivity index (χ1v) is 10.9. The monoisotopic (exact) mass is 402 g/mol. The second-order valence-electron chi connectivity index (χ2n) is 7.14. The number of carbonyl (C=O) groups is 1. The molecule has 0 radical (unpaired) electrons. The molecule has 0 aromatic heterocycles. The Morgan fingerprint density at radius 3 is 2.57 bits per heavy atom. The van der Waals surface area contributed by atoms with Crippen LogP contribution in [0.3, 0.4) is 0 Å². The Balaban J connectivity index is 1.63. The molecule has 0 unspecified atom stereocenters. The van der Waals surface area contributed by atoms with Crippen LogP contribution in [0.4, 0.5) is 5.69 Å². The van der Waals surface area contributed by atoms with E-state index in [-0.39, 0.29) is 29.5 Å². The fourth-order valence-corrected chi connectivity index (χ4v) is 4.62. The minimum Gasteiger partial charge on any atom is -0.484 e. The predicted octanol–water partition coefficient (Wildman–Crippen LogP) is 3.12. The zero-order chi connectivity index (χ0) is 20.3. The standard InChI is InChI=1S/C21H26N2O4S/c1-4-15(2)22-28(25,26)19-11-9-18(10-12-19)27-14-21(24)23-16(3)13-17-7-5-6-8-20(17)23/h5-12,15-16,22H,4,13-14H2,1-3H3/t15-,16-/m1/s1. The molecule has 0 saturated carbocycles. The van der Waals surface area contributed by atoms with Crippen molar-refractivity contribution in [3.8, 4) is 5.75 Å². The van der Waals surface area contributed by atoms with E-state index in [1.807, 2.05) is 45.0 Å². The van der Waals surface area contributed by atoms with Gasteiger partial charge in [-0.05, 0) is 62.6 Å². The molecule has 2 atom stereocenters. The van der Waals surface area contributed by atoms with E-state index in [1.165, 1.54) is 12.1 Å². The van der Waals surface area contributed by atoms with Crippen molar-refractivity contribution in [2.45, 2.75) is 50.6 Å². The molecule has 0 spiro atoms.